The second-order valence-corrected chi connectivity index (χ2v) is 7.14. The third-order valence-corrected chi connectivity index (χ3v) is 5.62. The Kier molecular flexibility index (Phi) is 3.99. The van der Waals surface area contributed by atoms with Gasteiger partial charge in [0, 0.05) is 32.8 Å². The first kappa shape index (κ1) is 17.7. The largest absolute Gasteiger partial charge is 0.432 e. The van der Waals surface area contributed by atoms with Gasteiger partial charge in [-0.25, -0.2) is 0 Å². The molecule has 136 valence electrons. The summed E-state index contributed by atoms with van der Waals surface area (Å²) >= 11 is 0. The third kappa shape index (κ3) is 2.22. The number of Topliss-reactive ketones (excluding diaryl/α,β-unsaturated/α-hetero) is 1. The van der Waals surface area contributed by atoms with Crippen LogP contribution in [0.5, 0.6) is 0 Å². The van der Waals surface area contributed by atoms with Gasteiger partial charge >= 0.3 is 12.1 Å². The van der Waals surface area contributed by atoms with Crippen LogP contribution >= 0.6 is 0 Å². The average Bonchev–Trinajstić information content (AvgIpc) is 2.43. The normalized spacial score (nSPS) is 39.5. The molecule has 5 nitrogen and oxygen atoms in total. The number of hydrogen-bond donors (Lipinski definition) is 0. The fourth-order valence-electron chi connectivity index (χ4n) is 4.59. The third-order valence-electron chi connectivity index (χ3n) is 5.62. The van der Waals surface area contributed by atoms with E-state index in [1.165, 1.54) is 6.92 Å². The van der Waals surface area contributed by atoms with Crippen LogP contribution in [0.2, 0.25) is 0 Å². The summed E-state index contributed by atoms with van der Waals surface area (Å²) in [5.74, 6) is -3.16. The number of rotatable bonds is 1. The minimum atomic E-state index is -4.96. The molecule has 24 heavy (non-hydrogen) atoms. The van der Waals surface area contributed by atoms with Crippen molar-refractivity contribution < 1.29 is 37.0 Å². The van der Waals surface area contributed by atoms with Crippen LogP contribution in [-0.2, 0) is 23.8 Å². The minimum absolute atomic E-state index is 0.341. The molecule has 0 aromatic rings. The molecule has 1 heterocycles. The monoisotopic (exact) mass is 350 g/mol. The van der Waals surface area contributed by atoms with Crippen LogP contribution in [0, 0.1) is 5.41 Å². The number of methoxy groups -OCH3 is 1. The summed E-state index contributed by atoms with van der Waals surface area (Å²) in [5, 5.41) is 0. The van der Waals surface area contributed by atoms with E-state index in [1.54, 1.807) is 0 Å². The van der Waals surface area contributed by atoms with Gasteiger partial charge in [0.15, 0.2) is 0 Å². The number of ketones is 1. The maximum atomic E-state index is 14.1. The summed E-state index contributed by atoms with van der Waals surface area (Å²) in [6.45, 7) is 1.19. The number of halogens is 3. The van der Waals surface area contributed by atoms with E-state index in [0.29, 0.717) is 25.7 Å². The minimum Gasteiger partial charge on any atom is -0.432 e. The predicted molar refractivity (Wildman–Crippen MR) is 74.9 cm³/mol. The van der Waals surface area contributed by atoms with E-state index in [0.717, 1.165) is 13.5 Å². The maximum Gasteiger partial charge on any atom is 0.410 e. The average molecular weight is 350 g/mol. The van der Waals surface area contributed by atoms with Gasteiger partial charge in [-0.1, -0.05) is 6.42 Å². The fraction of sp³-hybridized carbons (Fsp3) is 0.875. The molecule has 2 aliphatic carbocycles. The maximum absolute atomic E-state index is 14.1. The van der Waals surface area contributed by atoms with Crippen molar-refractivity contribution in [2.45, 2.75) is 75.5 Å². The van der Waals surface area contributed by atoms with E-state index in [4.69, 9.17) is 14.2 Å². The van der Waals surface area contributed by atoms with Crippen molar-refractivity contribution in [3.8, 4) is 0 Å². The van der Waals surface area contributed by atoms with Gasteiger partial charge < -0.3 is 14.2 Å². The highest BCUT2D eigenvalue weighted by Gasteiger charge is 2.81. The molecule has 8 heteroatoms. The molecule has 0 bridgehead atoms. The first-order chi connectivity index (χ1) is 11.1. The summed E-state index contributed by atoms with van der Waals surface area (Å²) in [5.41, 5.74) is -5.03. The van der Waals surface area contributed by atoms with Gasteiger partial charge in [-0.15, -0.1) is 0 Å². The van der Waals surface area contributed by atoms with Crippen LogP contribution < -0.4 is 0 Å². The fourth-order valence-corrected chi connectivity index (χ4v) is 4.59. The summed E-state index contributed by atoms with van der Waals surface area (Å²) in [7, 11) is 1.06. The van der Waals surface area contributed by atoms with E-state index < -0.39 is 53.7 Å². The molecule has 3 fully saturated rings. The van der Waals surface area contributed by atoms with Gasteiger partial charge in [0.1, 0.15) is 11.4 Å². The zero-order chi connectivity index (χ0) is 17.8. The Morgan fingerprint density at radius 1 is 1.17 bits per heavy atom. The lowest BCUT2D eigenvalue weighted by Crippen LogP contribution is -2.76. The molecule has 0 aromatic carbocycles. The summed E-state index contributed by atoms with van der Waals surface area (Å²) < 4.78 is 58.4. The van der Waals surface area contributed by atoms with Crippen molar-refractivity contribution in [2.24, 2.45) is 5.41 Å². The van der Waals surface area contributed by atoms with Gasteiger partial charge in [-0.3, -0.25) is 9.59 Å². The second-order valence-electron chi connectivity index (χ2n) is 7.14. The lowest BCUT2D eigenvalue weighted by molar-refractivity contribution is -0.403. The highest BCUT2D eigenvalue weighted by molar-refractivity contribution is 5.89. The number of ether oxygens (including phenoxy) is 3. The molecule has 2 saturated carbocycles. The van der Waals surface area contributed by atoms with Crippen molar-refractivity contribution in [1.82, 2.24) is 0 Å². The molecule has 1 saturated heterocycles. The van der Waals surface area contributed by atoms with Crippen molar-refractivity contribution in [1.29, 1.82) is 0 Å². The first-order valence-electron chi connectivity index (χ1n) is 8.15. The Labute approximate surface area is 137 Å². The van der Waals surface area contributed by atoms with Gasteiger partial charge in [0.2, 0.25) is 11.2 Å². The molecule has 0 N–H and O–H groups in total. The number of hydrogen-bond acceptors (Lipinski definition) is 5. The van der Waals surface area contributed by atoms with Crippen molar-refractivity contribution in [2.75, 3.05) is 7.11 Å². The summed E-state index contributed by atoms with van der Waals surface area (Å²) in [6, 6.07) is 0. The van der Waals surface area contributed by atoms with E-state index >= 15 is 0 Å². The van der Waals surface area contributed by atoms with E-state index in [1.807, 2.05) is 0 Å². The van der Waals surface area contributed by atoms with E-state index in [-0.39, 0.29) is 0 Å². The van der Waals surface area contributed by atoms with Crippen LogP contribution in [0.1, 0.15) is 51.9 Å². The standard InChI is InChI=1S/C16H21F3O5/c1-13-9-10(20)8-11(22-2)15(13,16(17,18)19)12(21)23-14(24-13)6-4-3-5-7-14/h11H,3-9H2,1-2H3/t11-,13+,15-/m1/s1. The molecular formula is C16H21F3O5. The van der Waals surface area contributed by atoms with Crippen LogP contribution in [-0.4, -0.2) is 42.5 Å². The Balaban J connectivity index is 2.13. The molecular weight excluding hydrogens is 329 g/mol. The molecule has 3 atom stereocenters. The summed E-state index contributed by atoms with van der Waals surface area (Å²) in [6.07, 6.45) is -4.60. The lowest BCUT2D eigenvalue weighted by atomic mass is 9.59. The highest BCUT2D eigenvalue weighted by Crippen LogP contribution is 2.61. The Bertz CT molecular complexity index is 554. The topological polar surface area (TPSA) is 61.8 Å². The number of alkyl halides is 3. The van der Waals surface area contributed by atoms with Crippen molar-refractivity contribution in [3.05, 3.63) is 0 Å². The van der Waals surface area contributed by atoms with E-state index in [9.17, 15) is 22.8 Å². The Hall–Kier alpha value is -1.15. The van der Waals surface area contributed by atoms with Gasteiger partial charge in [0.25, 0.3) is 0 Å². The molecule has 0 amide bonds. The number of fused-ring (bicyclic) bond motifs is 1. The van der Waals surface area contributed by atoms with Crippen LogP contribution in [0.15, 0.2) is 0 Å². The van der Waals surface area contributed by atoms with Crippen LogP contribution in [0.3, 0.4) is 0 Å². The Morgan fingerprint density at radius 3 is 2.33 bits per heavy atom. The van der Waals surface area contributed by atoms with Crippen molar-refractivity contribution in [3.63, 3.8) is 0 Å². The first-order valence-corrected chi connectivity index (χ1v) is 8.15. The molecule has 1 spiro atoms. The molecule has 3 rings (SSSR count). The summed E-state index contributed by atoms with van der Waals surface area (Å²) in [4.78, 5) is 24.8. The van der Waals surface area contributed by atoms with Gasteiger partial charge in [0.05, 0.1) is 6.10 Å². The number of carbonyl (C=O) groups is 2. The second kappa shape index (κ2) is 5.42. The lowest BCUT2D eigenvalue weighted by Gasteiger charge is -2.59. The number of carbonyl (C=O) groups excluding carboxylic acids is 2. The SMILES string of the molecule is CO[C@@H]1CC(=O)C[C@]2(C)OC3(CCCCC3)OC(=O)[C@]12C(F)(F)F. The van der Waals surface area contributed by atoms with Crippen LogP contribution in [0.25, 0.3) is 0 Å². The Morgan fingerprint density at radius 2 is 1.79 bits per heavy atom. The smallest absolute Gasteiger partial charge is 0.410 e. The quantitative estimate of drug-likeness (QED) is 0.681. The van der Waals surface area contributed by atoms with Gasteiger partial charge in [-0.05, 0) is 19.8 Å². The van der Waals surface area contributed by atoms with E-state index in [2.05, 4.69) is 0 Å². The molecule has 1 aliphatic heterocycles. The predicted octanol–water partition coefficient (Wildman–Crippen LogP) is 2.91. The molecule has 0 unspecified atom stereocenters. The van der Waals surface area contributed by atoms with Crippen LogP contribution in [0.4, 0.5) is 13.2 Å². The van der Waals surface area contributed by atoms with Crippen molar-refractivity contribution >= 4 is 11.8 Å². The molecule has 3 aliphatic rings. The highest BCUT2D eigenvalue weighted by atomic mass is 19.4. The zero-order valence-electron chi connectivity index (χ0n) is 13.7. The zero-order valence-corrected chi connectivity index (χ0v) is 13.7. The number of esters is 1. The van der Waals surface area contributed by atoms with Gasteiger partial charge in [-0.2, -0.15) is 13.2 Å². The molecule has 0 aromatic heterocycles. The molecule has 0 radical (unpaired) electrons.